The molecule has 1 saturated heterocycles. The van der Waals surface area contributed by atoms with Gasteiger partial charge in [0.25, 0.3) is 0 Å². The van der Waals surface area contributed by atoms with Crippen molar-refractivity contribution in [2.24, 2.45) is 11.8 Å². The van der Waals surface area contributed by atoms with Crippen molar-refractivity contribution in [1.82, 2.24) is 4.90 Å². The average Bonchev–Trinajstić information content (AvgIpc) is 3.31. The standard InChI is InChI=1S/C29H35NO8/c1-4-6-15-37-22-14-10-13-21(16-22)27(32)24-18-30(29(34)38-19-20-11-8-7-9-12-20)26(28(33)36-5-2)23(24)17-25(31)35-3/h7-14,16,23-24,26H,4-6,15,17-19H2,1-3H3/t23-,24-,26-/m0/s1. The van der Waals surface area contributed by atoms with Crippen molar-refractivity contribution in [3.8, 4) is 5.75 Å². The number of hydrogen-bond acceptors (Lipinski definition) is 8. The summed E-state index contributed by atoms with van der Waals surface area (Å²) in [5.74, 6) is -2.79. The summed E-state index contributed by atoms with van der Waals surface area (Å²) in [6, 6.07) is 14.7. The summed E-state index contributed by atoms with van der Waals surface area (Å²) in [5.41, 5.74) is 1.13. The van der Waals surface area contributed by atoms with Crippen LogP contribution < -0.4 is 4.74 Å². The van der Waals surface area contributed by atoms with E-state index in [2.05, 4.69) is 6.92 Å². The number of likely N-dealkylation sites (tertiary alicyclic amines) is 1. The molecule has 2 aromatic carbocycles. The first-order valence-electron chi connectivity index (χ1n) is 12.9. The number of ether oxygens (including phenoxy) is 4. The summed E-state index contributed by atoms with van der Waals surface area (Å²) in [4.78, 5) is 53.5. The molecule has 0 N–H and O–H groups in total. The van der Waals surface area contributed by atoms with Crippen molar-refractivity contribution in [3.05, 3.63) is 65.7 Å². The topological polar surface area (TPSA) is 108 Å². The Morgan fingerprint density at radius 1 is 0.974 bits per heavy atom. The van der Waals surface area contributed by atoms with Crippen LogP contribution in [-0.4, -0.2) is 61.6 Å². The number of ketones is 1. The van der Waals surface area contributed by atoms with Crippen LogP contribution in [0.15, 0.2) is 54.6 Å². The minimum atomic E-state index is -1.18. The van der Waals surface area contributed by atoms with Crippen LogP contribution in [-0.2, 0) is 30.4 Å². The van der Waals surface area contributed by atoms with Crippen LogP contribution in [0.5, 0.6) is 5.75 Å². The average molecular weight is 526 g/mol. The molecule has 38 heavy (non-hydrogen) atoms. The number of rotatable bonds is 12. The molecular weight excluding hydrogens is 490 g/mol. The maximum atomic E-state index is 13.7. The molecule has 0 unspecified atom stereocenters. The van der Waals surface area contributed by atoms with Gasteiger partial charge in [-0.3, -0.25) is 14.5 Å². The summed E-state index contributed by atoms with van der Waals surface area (Å²) < 4.78 is 21.3. The summed E-state index contributed by atoms with van der Waals surface area (Å²) >= 11 is 0. The maximum absolute atomic E-state index is 13.7. The Labute approximate surface area is 223 Å². The van der Waals surface area contributed by atoms with Gasteiger partial charge in [-0.15, -0.1) is 0 Å². The minimum Gasteiger partial charge on any atom is -0.494 e. The number of benzene rings is 2. The summed E-state index contributed by atoms with van der Waals surface area (Å²) in [6.45, 7) is 4.17. The van der Waals surface area contributed by atoms with Crippen molar-refractivity contribution in [2.75, 3.05) is 26.9 Å². The second-order valence-corrected chi connectivity index (χ2v) is 9.03. The Morgan fingerprint density at radius 2 is 1.74 bits per heavy atom. The van der Waals surface area contributed by atoms with Crippen LogP contribution in [0.25, 0.3) is 0 Å². The molecule has 0 saturated carbocycles. The number of esters is 2. The molecule has 1 amide bonds. The third-order valence-electron chi connectivity index (χ3n) is 6.47. The van der Waals surface area contributed by atoms with Crippen molar-refractivity contribution in [3.63, 3.8) is 0 Å². The van der Waals surface area contributed by atoms with Gasteiger partial charge >= 0.3 is 18.0 Å². The lowest BCUT2D eigenvalue weighted by molar-refractivity contribution is -0.150. The fourth-order valence-corrected chi connectivity index (χ4v) is 4.53. The molecule has 0 bridgehead atoms. The van der Waals surface area contributed by atoms with Crippen molar-refractivity contribution < 1.29 is 38.1 Å². The maximum Gasteiger partial charge on any atom is 0.410 e. The van der Waals surface area contributed by atoms with E-state index in [1.807, 2.05) is 30.3 Å². The number of unbranched alkanes of at least 4 members (excludes halogenated alkanes) is 1. The van der Waals surface area contributed by atoms with Gasteiger partial charge in [-0.1, -0.05) is 55.8 Å². The highest BCUT2D eigenvalue weighted by Crippen LogP contribution is 2.37. The van der Waals surface area contributed by atoms with Gasteiger partial charge in [0.2, 0.25) is 0 Å². The van der Waals surface area contributed by atoms with Crippen LogP contribution in [0, 0.1) is 11.8 Å². The van der Waals surface area contributed by atoms with Gasteiger partial charge in [0.1, 0.15) is 18.4 Å². The van der Waals surface area contributed by atoms with Gasteiger partial charge in [-0.05, 0) is 31.0 Å². The van der Waals surface area contributed by atoms with E-state index in [0.717, 1.165) is 18.4 Å². The normalized spacial score (nSPS) is 18.5. The van der Waals surface area contributed by atoms with Crippen LogP contribution in [0.4, 0.5) is 4.79 Å². The summed E-state index contributed by atoms with van der Waals surface area (Å²) in [7, 11) is 1.23. The third-order valence-corrected chi connectivity index (χ3v) is 6.47. The van der Waals surface area contributed by atoms with Crippen molar-refractivity contribution in [2.45, 2.75) is 45.8 Å². The fourth-order valence-electron chi connectivity index (χ4n) is 4.53. The Kier molecular flexibility index (Phi) is 10.7. The number of carbonyl (C=O) groups excluding carboxylic acids is 4. The lowest BCUT2D eigenvalue weighted by Gasteiger charge is -2.25. The predicted molar refractivity (Wildman–Crippen MR) is 139 cm³/mol. The second-order valence-electron chi connectivity index (χ2n) is 9.03. The van der Waals surface area contributed by atoms with Crippen LogP contribution in [0.1, 0.15) is 49.0 Å². The van der Waals surface area contributed by atoms with E-state index in [9.17, 15) is 19.2 Å². The zero-order valence-corrected chi connectivity index (χ0v) is 22.1. The molecule has 1 aliphatic heterocycles. The Balaban J connectivity index is 1.90. The quantitative estimate of drug-likeness (QED) is 0.173. The second kappa shape index (κ2) is 14.2. The van der Waals surface area contributed by atoms with Gasteiger partial charge in [-0.25, -0.2) is 9.59 Å². The van der Waals surface area contributed by atoms with Gasteiger partial charge in [0.05, 0.1) is 26.7 Å². The van der Waals surface area contributed by atoms with Gasteiger partial charge < -0.3 is 18.9 Å². The van der Waals surface area contributed by atoms with E-state index >= 15 is 0 Å². The van der Waals surface area contributed by atoms with Crippen molar-refractivity contribution in [1.29, 1.82) is 0 Å². The molecule has 1 heterocycles. The van der Waals surface area contributed by atoms with Crippen LogP contribution in [0.3, 0.4) is 0 Å². The first-order chi connectivity index (χ1) is 18.4. The van der Waals surface area contributed by atoms with Crippen LogP contribution in [0.2, 0.25) is 0 Å². The molecule has 2 aromatic rings. The summed E-state index contributed by atoms with van der Waals surface area (Å²) in [6.07, 6.45) is 0.838. The van der Waals surface area contributed by atoms with E-state index in [1.165, 1.54) is 12.0 Å². The van der Waals surface area contributed by atoms with Crippen LogP contribution >= 0.6 is 0 Å². The SMILES string of the molecule is CCCCOc1cccc(C(=O)[C@H]2CN(C(=O)OCc3ccccc3)[C@H](C(=O)OCC)[C@H]2CC(=O)OC)c1. The molecule has 1 aliphatic rings. The predicted octanol–water partition coefficient (Wildman–Crippen LogP) is 4.43. The molecule has 1 fully saturated rings. The van der Waals surface area contributed by atoms with Gasteiger partial charge in [0, 0.05) is 23.9 Å². The zero-order chi connectivity index (χ0) is 27.5. The first-order valence-corrected chi connectivity index (χ1v) is 12.9. The number of carbonyl (C=O) groups is 4. The number of nitrogens with zero attached hydrogens (tertiary/aromatic N) is 1. The number of amides is 1. The molecule has 204 valence electrons. The van der Waals surface area contributed by atoms with E-state index in [0.29, 0.717) is 17.9 Å². The van der Waals surface area contributed by atoms with Gasteiger partial charge in [0.15, 0.2) is 5.78 Å². The van der Waals surface area contributed by atoms with Gasteiger partial charge in [-0.2, -0.15) is 0 Å². The van der Waals surface area contributed by atoms with E-state index in [1.54, 1.807) is 31.2 Å². The number of Topliss-reactive ketones (excluding diaryl/α,β-unsaturated/α-hetero) is 1. The largest absolute Gasteiger partial charge is 0.494 e. The number of methoxy groups -OCH3 is 1. The minimum absolute atomic E-state index is 0.0108. The van der Waals surface area contributed by atoms with Crippen molar-refractivity contribution >= 4 is 23.8 Å². The molecule has 9 nitrogen and oxygen atoms in total. The molecule has 9 heteroatoms. The molecule has 0 aromatic heterocycles. The molecule has 0 radical (unpaired) electrons. The highest BCUT2D eigenvalue weighted by atomic mass is 16.6. The Morgan fingerprint density at radius 3 is 2.42 bits per heavy atom. The third kappa shape index (κ3) is 7.34. The molecule has 3 rings (SSSR count). The number of hydrogen-bond donors (Lipinski definition) is 0. The van der Waals surface area contributed by atoms with E-state index < -0.39 is 35.9 Å². The molecular formula is C29H35NO8. The Hall–Kier alpha value is -3.88. The fraction of sp³-hybridized carbons (Fsp3) is 0.448. The Bertz CT molecular complexity index is 1100. The molecule has 0 spiro atoms. The first kappa shape index (κ1) is 28.7. The zero-order valence-electron chi connectivity index (χ0n) is 22.1. The lowest BCUT2D eigenvalue weighted by atomic mass is 9.82. The highest BCUT2D eigenvalue weighted by molar-refractivity contribution is 6.00. The lowest BCUT2D eigenvalue weighted by Crippen LogP contribution is -2.45. The van der Waals surface area contributed by atoms with E-state index in [-0.39, 0.29) is 32.0 Å². The smallest absolute Gasteiger partial charge is 0.410 e. The molecule has 0 aliphatic carbocycles. The highest BCUT2D eigenvalue weighted by Gasteiger charge is 2.52. The van der Waals surface area contributed by atoms with E-state index in [4.69, 9.17) is 18.9 Å². The summed E-state index contributed by atoms with van der Waals surface area (Å²) in [5, 5.41) is 0. The molecule has 3 atom stereocenters. The monoisotopic (exact) mass is 525 g/mol.